The summed E-state index contributed by atoms with van der Waals surface area (Å²) in [6.45, 7) is 17.7. The molecule has 0 aromatic heterocycles. The van der Waals surface area contributed by atoms with E-state index >= 15 is 0 Å². The molecule has 0 aliphatic carbocycles. The standard InChI is InChI=1S/C17H36N4O/c1-9-18-15(19-12-14(22)21-17(6,7)8)20-13(2)10-11-16(3,4)5/h13H,9-12H2,1-8H3,(H,21,22)(H2,18,19,20). The van der Waals surface area contributed by atoms with Gasteiger partial charge in [0.1, 0.15) is 6.54 Å². The number of guanidine groups is 1. The zero-order valence-electron chi connectivity index (χ0n) is 15.8. The number of rotatable bonds is 6. The molecule has 0 heterocycles. The fraction of sp³-hybridized carbons (Fsp3) is 0.882. The molecule has 5 nitrogen and oxygen atoms in total. The predicted octanol–water partition coefficient (Wildman–Crippen LogP) is 2.67. The number of carbonyl (C=O) groups is 1. The van der Waals surface area contributed by atoms with Gasteiger partial charge in [-0.3, -0.25) is 4.79 Å². The Labute approximate surface area is 136 Å². The van der Waals surface area contributed by atoms with Crippen LogP contribution in [0.4, 0.5) is 0 Å². The first-order chi connectivity index (χ1) is 9.93. The molecule has 0 aliphatic rings. The van der Waals surface area contributed by atoms with Crippen molar-refractivity contribution in [3.05, 3.63) is 0 Å². The van der Waals surface area contributed by atoms with E-state index in [-0.39, 0.29) is 18.0 Å². The molecule has 1 atom stereocenters. The molecular formula is C17H36N4O. The minimum Gasteiger partial charge on any atom is -0.357 e. The maximum atomic E-state index is 11.8. The third-order valence-electron chi connectivity index (χ3n) is 2.95. The number of hydrogen-bond donors (Lipinski definition) is 3. The molecule has 0 radical (unpaired) electrons. The summed E-state index contributed by atoms with van der Waals surface area (Å²) in [4.78, 5) is 16.2. The second-order valence-electron chi connectivity index (χ2n) is 8.14. The van der Waals surface area contributed by atoms with E-state index in [0.717, 1.165) is 19.4 Å². The van der Waals surface area contributed by atoms with Gasteiger partial charge in [0, 0.05) is 18.1 Å². The summed E-state index contributed by atoms with van der Waals surface area (Å²) in [5.74, 6) is 0.639. The Balaban J connectivity index is 4.45. The summed E-state index contributed by atoms with van der Waals surface area (Å²) in [6.07, 6.45) is 2.22. The highest BCUT2D eigenvalue weighted by Gasteiger charge is 2.15. The first-order valence-electron chi connectivity index (χ1n) is 8.29. The summed E-state index contributed by atoms with van der Waals surface area (Å²) in [7, 11) is 0. The number of hydrogen-bond acceptors (Lipinski definition) is 2. The number of aliphatic imine (C=N–C) groups is 1. The Hall–Kier alpha value is -1.26. The van der Waals surface area contributed by atoms with Crippen LogP contribution >= 0.6 is 0 Å². The molecule has 130 valence electrons. The molecule has 0 saturated carbocycles. The van der Waals surface area contributed by atoms with Gasteiger partial charge < -0.3 is 16.0 Å². The SMILES string of the molecule is CCNC(=NCC(=O)NC(C)(C)C)NC(C)CCC(C)(C)C. The molecule has 0 aromatic rings. The lowest BCUT2D eigenvalue weighted by molar-refractivity contribution is -0.121. The van der Waals surface area contributed by atoms with Gasteiger partial charge in [0.2, 0.25) is 5.91 Å². The third kappa shape index (κ3) is 12.5. The number of amides is 1. The molecule has 0 bridgehead atoms. The van der Waals surface area contributed by atoms with Crippen LogP contribution in [0.5, 0.6) is 0 Å². The van der Waals surface area contributed by atoms with Gasteiger partial charge in [-0.15, -0.1) is 0 Å². The summed E-state index contributed by atoms with van der Waals surface area (Å²) >= 11 is 0. The largest absolute Gasteiger partial charge is 0.357 e. The molecule has 0 aliphatic heterocycles. The maximum absolute atomic E-state index is 11.8. The van der Waals surface area contributed by atoms with Crippen molar-refractivity contribution in [3.63, 3.8) is 0 Å². The zero-order chi connectivity index (χ0) is 17.4. The van der Waals surface area contributed by atoms with Gasteiger partial charge in [0.05, 0.1) is 0 Å². The summed E-state index contributed by atoms with van der Waals surface area (Å²) in [5, 5.41) is 9.47. The second-order valence-corrected chi connectivity index (χ2v) is 8.14. The molecule has 1 unspecified atom stereocenters. The quantitative estimate of drug-likeness (QED) is 0.522. The van der Waals surface area contributed by atoms with E-state index in [9.17, 15) is 4.79 Å². The highest BCUT2D eigenvalue weighted by Crippen LogP contribution is 2.21. The van der Waals surface area contributed by atoms with Crippen LogP contribution in [-0.4, -0.2) is 36.5 Å². The Morgan fingerprint density at radius 3 is 2.18 bits per heavy atom. The molecule has 22 heavy (non-hydrogen) atoms. The fourth-order valence-electron chi connectivity index (χ4n) is 1.88. The highest BCUT2D eigenvalue weighted by molar-refractivity contribution is 5.85. The first kappa shape index (κ1) is 20.7. The van der Waals surface area contributed by atoms with Crippen LogP contribution in [0, 0.1) is 5.41 Å². The molecule has 1 amide bonds. The number of nitrogens with zero attached hydrogens (tertiary/aromatic N) is 1. The van der Waals surface area contributed by atoms with Gasteiger partial charge in [0.15, 0.2) is 5.96 Å². The van der Waals surface area contributed by atoms with E-state index in [0.29, 0.717) is 17.4 Å². The van der Waals surface area contributed by atoms with E-state index in [1.165, 1.54) is 0 Å². The van der Waals surface area contributed by atoms with Crippen LogP contribution in [0.3, 0.4) is 0 Å². The van der Waals surface area contributed by atoms with Crippen molar-refractivity contribution in [2.24, 2.45) is 10.4 Å². The smallest absolute Gasteiger partial charge is 0.242 e. The molecular weight excluding hydrogens is 276 g/mol. The van der Waals surface area contributed by atoms with Gasteiger partial charge in [-0.25, -0.2) is 4.99 Å². The van der Waals surface area contributed by atoms with E-state index in [1.807, 2.05) is 27.7 Å². The Morgan fingerprint density at radius 1 is 1.14 bits per heavy atom. The monoisotopic (exact) mass is 312 g/mol. The Kier molecular flexibility index (Phi) is 8.49. The lowest BCUT2D eigenvalue weighted by atomic mass is 9.89. The molecule has 3 N–H and O–H groups in total. The van der Waals surface area contributed by atoms with Gasteiger partial charge in [-0.05, 0) is 52.9 Å². The van der Waals surface area contributed by atoms with Gasteiger partial charge >= 0.3 is 0 Å². The van der Waals surface area contributed by atoms with Crippen LogP contribution in [0.1, 0.15) is 68.2 Å². The second kappa shape index (κ2) is 9.01. The molecule has 0 saturated heterocycles. The predicted molar refractivity (Wildman–Crippen MR) is 95.2 cm³/mol. The normalized spacial score (nSPS) is 14.5. The molecule has 0 aromatic carbocycles. The van der Waals surface area contributed by atoms with Crippen LogP contribution in [0.15, 0.2) is 4.99 Å². The highest BCUT2D eigenvalue weighted by atomic mass is 16.2. The number of carbonyl (C=O) groups excluding carboxylic acids is 1. The molecule has 5 heteroatoms. The third-order valence-corrected chi connectivity index (χ3v) is 2.95. The van der Waals surface area contributed by atoms with Crippen molar-refractivity contribution < 1.29 is 4.79 Å². The van der Waals surface area contributed by atoms with E-state index in [1.54, 1.807) is 0 Å². The van der Waals surface area contributed by atoms with Crippen molar-refractivity contribution >= 4 is 11.9 Å². The van der Waals surface area contributed by atoms with Crippen molar-refractivity contribution in [2.45, 2.75) is 79.8 Å². The minimum atomic E-state index is -0.224. The summed E-state index contributed by atoms with van der Waals surface area (Å²) in [5.41, 5.74) is 0.108. The van der Waals surface area contributed by atoms with E-state index in [4.69, 9.17) is 0 Å². The van der Waals surface area contributed by atoms with Crippen LogP contribution in [-0.2, 0) is 4.79 Å². The molecule has 0 spiro atoms. The zero-order valence-corrected chi connectivity index (χ0v) is 15.8. The van der Waals surface area contributed by atoms with Crippen LogP contribution < -0.4 is 16.0 Å². The summed E-state index contributed by atoms with van der Waals surface area (Å²) in [6, 6.07) is 0.322. The van der Waals surface area contributed by atoms with E-state index < -0.39 is 0 Å². The molecule has 0 rings (SSSR count). The molecule has 0 fully saturated rings. The van der Waals surface area contributed by atoms with Gasteiger partial charge in [-0.2, -0.15) is 0 Å². The van der Waals surface area contributed by atoms with Crippen LogP contribution in [0.2, 0.25) is 0 Å². The van der Waals surface area contributed by atoms with Crippen molar-refractivity contribution in [1.29, 1.82) is 0 Å². The lowest BCUT2D eigenvalue weighted by Crippen LogP contribution is -2.45. The average molecular weight is 313 g/mol. The Morgan fingerprint density at radius 2 is 1.73 bits per heavy atom. The van der Waals surface area contributed by atoms with Crippen molar-refractivity contribution in [3.8, 4) is 0 Å². The van der Waals surface area contributed by atoms with Gasteiger partial charge in [-0.1, -0.05) is 20.8 Å². The maximum Gasteiger partial charge on any atom is 0.242 e. The first-order valence-corrected chi connectivity index (χ1v) is 8.29. The van der Waals surface area contributed by atoms with E-state index in [2.05, 4.69) is 48.6 Å². The fourth-order valence-corrected chi connectivity index (χ4v) is 1.88. The Bertz CT molecular complexity index is 364. The van der Waals surface area contributed by atoms with Crippen molar-refractivity contribution in [2.75, 3.05) is 13.1 Å². The average Bonchev–Trinajstić information content (AvgIpc) is 2.31. The minimum absolute atomic E-state index is 0.0629. The van der Waals surface area contributed by atoms with Crippen LogP contribution in [0.25, 0.3) is 0 Å². The summed E-state index contributed by atoms with van der Waals surface area (Å²) < 4.78 is 0. The van der Waals surface area contributed by atoms with Crippen molar-refractivity contribution in [1.82, 2.24) is 16.0 Å². The number of nitrogens with one attached hydrogen (secondary N) is 3. The lowest BCUT2D eigenvalue weighted by Gasteiger charge is -2.23. The van der Waals surface area contributed by atoms with Gasteiger partial charge in [0.25, 0.3) is 0 Å². The topological polar surface area (TPSA) is 65.5 Å².